The van der Waals surface area contributed by atoms with Crippen LogP contribution in [0.3, 0.4) is 0 Å². The minimum absolute atomic E-state index is 0.0294. The zero-order chi connectivity index (χ0) is 13.1. The maximum Gasteiger partial charge on any atom is 0.164 e. The summed E-state index contributed by atoms with van der Waals surface area (Å²) in [6.07, 6.45) is 3.73. The molecule has 3 nitrogen and oxygen atoms in total. The van der Waals surface area contributed by atoms with E-state index in [0.717, 1.165) is 12.1 Å². The van der Waals surface area contributed by atoms with Crippen LogP contribution in [0, 0.1) is 5.82 Å². The van der Waals surface area contributed by atoms with Gasteiger partial charge < -0.3 is 5.32 Å². The molecule has 1 unspecified atom stereocenters. The van der Waals surface area contributed by atoms with Gasteiger partial charge >= 0.3 is 0 Å². The molecule has 96 valence electrons. The summed E-state index contributed by atoms with van der Waals surface area (Å²) >= 11 is 5.74. The van der Waals surface area contributed by atoms with Crippen LogP contribution in [-0.4, -0.2) is 9.78 Å². The fraction of sp³-hybridized carbons (Fsp3) is 0.308. The molecule has 0 saturated carbocycles. The lowest BCUT2D eigenvalue weighted by molar-refractivity contribution is 0.627. The van der Waals surface area contributed by atoms with Gasteiger partial charge in [0.1, 0.15) is 0 Å². The highest BCUT2D eigenvalue weighted by Gasteiger charge is 2.11. The lowest BCUT2D eigenvalue weighted by Gasteiger charge is -2.14. The SMILES string of the molecule is CCn1cc(C(C)Nc2cccc(Cl)c2F)cn1. The van der Waals surface area contributed by atoms with Crippen LogP contribution in [0.2, 0.25) is 5.02 Å². The minimum Gasteiger partial charge on any atom is -0.376 e. The van der Waals surface area contributed by atoms with E-state index in [0.29, 0.717) is 5.69 Å². The van der Waals surface area contributed by atoms with Crippen LogP contribution in [0.5, 0.6) is 0 Å². The van der Waals surface area contributed by atoms with Crippen LogP contribution in [0.1, 0.15) is 25.5 Å². The van der Waals surface area contributed by atoms with E-state index in [9.17, 15) is 4.39 Å². The van der Waals surface area contributed by atoms with Crippen molar-refractivity contribution in [2.24, 2.45) is 0 Å². The third-order valence-corrected chi connectivity index (χ3v) is 3.09. The van der Waals surface area contributed by atoms with E-state index in [1.54, 1.807) is 18.3 Å². The maximum atomic E-state index is 13.7. The van der Waals surface area contributed by atoms with Crippen molar-refractivity contribution in [1.82, 2.24) is 9.78 Å². The second-order valence-corrected chi connectivity index (χ2v) is 4.50. The zero-order valence-electron chi connectivity index (χ0n) is 10.3. The van der Waals surface area contributed by atoms with Crippen molar-refractivity contribution in [1.29, 1.82) is 0 Å². The van der Waals surface area contributed by atoms with E-state index in [1.807, 2.05) is 24.7 Å². The van der Waals surface area contributed by atoms with Gasteiger partial charge in [-0.1, -0.05) is 17.7 Å². The van der Waals surface area contributed by atoms with Crippen LogP contribution in [0.25, 0.3) is 0 Å². The maximum absolute atomic E-state index is 13.7. The highest BCUT2D eigenvalue weighted by molar-refractivity contribution is 6.31. The van der Waals surface area contributed by atoms with Gasteiger partial charge in [0, 0.05) is 18.3 Å². The van der Waals surface area contributed by atoms with Gasteiger partial charge in [0.15, 0.2) is 5.82 Å². The molecule has 18 heavy (non-hydrogen) atoms. The summed E-state index contributed by atoms with van der Waals surface area (Å²) in [6.45, 7) is 4.79. The molecule has 0 radical (unpaired) electrons. The number of hydrogen-bond acceptors (Lipinski definition) is 2. The van der Waals surface area contributed by atoms with E-state index < -0.39 is 5.82 Å². The van der Waals surface area contributed by atoms with Gasteiger partial charge in [0.05, 0.1) is 22.9 Å². The number of benzene rings is 1. The van der Waals surface area contributed by atoms with E-state index in [4.69, 9.17) is 11.6 Å². The average Bonchev–Trinajstić information content (AvgIpc) is 2.83. The second-order valence-electron chi connectivity index (χ2n) is 4.10. The first-order chi connectivity index (χ1) is 8.61. The summed E-state index contributed by atoms with van der Waals surface area (Å²) in [5.41, 5.74) is 1.41. The predicted molar refractivity (Wildman–Crippen MR) is 71.3 cm³/mol. The number of nitrogens with zero attached hydrogens (tertiary/aromatic N) is 2. The Hall–Kier alpha value is -1.55. The number of nitrogens with one attached hydrogen (secondary N) is 1. The quantitative estimate of drug-likeness (QED) is 0.911. The first kappa shape index (κ1) is 12.9. The van der Waals surface area contributed by atoms with Crippen molar-refractivity contribution in [2.45, 2.75) is 26.4 Å². The Labute approximate surface area is 111 Å². The van der Waals surface area contributed by atoms with Crippen LogP contribution < -0.4 is 5.32 Å². The molecular weight excluding hydrogens is 253 g/mol. The molecule has 1 aromatic heterocycles. The monoisotopic (exact) mass is 267 g/mol. The molecule has 1 atom stereocenters. The first-order valence-corrected chi connectivity index (χ1v) is 6.22. The number of aromatic nitrogens is 2. The van der Waals surface area contributed by atoms with Gasteiger partial charge in [-0.25, -0.2) is 4.39 Å². The lowest BCUT2D eigenvalue weighted by atomic mass is 10.2. The van der Waals surface area contributed by atoms with Crippen molar-refractivity contribution in [3.63, 3.8) is 0 Å². The summed E-state index contributed by atoms with van der Waals surface area (Å²) < 4.78 is 15.6. The lowest BCUT2D eigenvalue weighted by Crippen LogP contribution is -2.07. The molecule has 2 rings (SSSR count). The van der Waals surface area contributed by atoms with Crippen molar-refractivity contribution in [3.8, 4) is 0 Å². The molecule has 1 aromatic carbocycles. The molecule has 2 aromatic rings. The Morgan fingerprint density at radius 2 is 2.28 bits per heavy atom. The zero-order valence-corrected chi connectivity index (χ0v) is 11.1. The van der Waals surface area contributed by atoms with Gasteiger partial charge in [-0.2, -0.15) is 5.10 Å². The highest BCUT2D eigenvalue weighted by atomic mass is 35.5. The van der Waals surface area contributed by atoms with Crippen LogP contribution in [0.15, 0.2) is 30.6 Å². The molecule has 0 fully saturated rings. The molecule has 0 bridgehead atoms. The third kappa shape index (κ3) is 2.64. The standard InChI is InChI=1S/C13H15ClFN3/c1-3-18-8-10(7-16-18)9(2)17-12-6-4-5-11(14)13(12)15/h4-9,17H,3H2,1-2H3. The van der Waals surface area contributed by atoms with E-state index in [1.165, 1.54) is 6.07 Å². The predicted octanol–water partition coefficient (Wildman–Crippen LogP) is 3.87. The van der Waals surface area contributed by atoms with Gasteiger partial charge in [-0.05, 0) is 26.0 Å². The fourth-order valence-corrected chi connectivity index (χ4v) is 1.88. The Balaban J connectivity index is 2.15. The van der Waals surface area contributed by atoms with Crippen LogP contribution in [-0.2, 0) is 6.54 Å². The molecule has 0 aliphatic heterocycles. The number of hydrogen-bond donors (Lipinski definition) is 1. The second kappa shape index (κ2) is 5.40. The van der Waals surface area contributed by atoms with Gasteiger partial charge in [0.2, 0.25) is 0 Å². The molecule has 0 saturated heterocycles. The molecule has 1 heterocycles. The molecule has 0 spiro atoms. The first-order valence-electron chi connectivity index (χ1n) is 5.84. The van der Waals surface area contributed by atoms with Gasteiger partial charge in [0.25, 0.3) is 0 Å². The van der Waals surface area contributed by atoms with E-state index in [2.05, 4.69) is 10.4 Å². The van der Waals surface area contributed by atoms with Gasteiger partial charge in [-0.3, -0.25) is 4.68 Å². The van der Waals surface area contributed by atoms with Crippen molar-refractivity contribution in [3.05, 3.63) is 47.0 Å². The molecule has 0 aliphatic rings. The molecule has 0 aliphatic carbocycles. The summed E-state index contributed by atoms with van der Waals surface area (Å²) in [4.78, 5) is 0. The molecular formula is C13H15ClFN3. The highest BCUT2D eigenvalue weighted by Crippen LogP contribution is 2.25. The van der Waals surface area contributed by atoms with Crippen LogP contribution >= 0.6 is 11.6 Å². The topological polar surface area (TPSA) is 29.9 Å². The van der Waals surface area contributed by atoms with Crippen molar-refractivity contribution >= 4 is 17.3 Å². The fourth-order valence-electron chi connectivity index (χ4n) is 1.71. The summed E-state index contributed by atoms with van der Waals surface area (Å²) in [5, 5.41) is 7.41. The molecule has 0 amide bonds. The Kier molecular flexibility index (Phi) is 3.87. The summed E-state index contributed by atoms with van der Waals surface area (Å²) in [6, 6.07) is 4.89. The Morgan fingerprint density at radius 1 is 1.50 bits per heavy atom. The number of anilines is 1. The smallest absolute Gasteiger partial charge is 0.164 e. The van der Waals surface area contributed by atoms with E-state index in [-0.39, 0.29) is 11.1 Å². The largest absolute Gasteiger partial charge is 0.376 e. The normalized spacial score (nSPS) is 12.4. The average molecular weight is 268 g/mol. The summed E-state index contributed by atoms with van der Waals surface area (Å²) in [5.74, 6) is -0.422. The number of rotatable bonds is 4. The Morgan fingerprint density at radius 3 is 2.94 bits per heavy atom. The number of aryl methyl sites for hydroxylation is 1. The van der Waals surface area contributed by atoms with E-state index >= 15 is 0 Å². The number of halogens is 2. The van der Waals surface area contributed by atoms with Gasteiger partial charge in [-0.15, -0.1) is 0 Å². The van der Waals surface area contributed by atoms with Crippen LogP contribution in [0.4, 0.5) is 10.1 Å². The minimum atomic E-state index is -0.422. The molecule has 1 N–H and O–H groups in total. The van der Waals surface area contributed by atoms with Crippen molar-refractivity contribution in [2.75, 3.05) is 5.32 Å². The Bertz CT molecular complexity index is 539. The van der Waals surface area contributed by atoms with Crippen molar-refractivity contribution < 1.29 is 4.39 Å². The third-order valence-electron chi connectivity index (χ3n) is 2.80. The molecule has 5 heteroatoms. The summed E-state index contributed by atoms with van der Waals surface area (Å²) in [7, 11) is 0.